The highest BCUT2D eigenvalue weighted by atomic mass is 32.2. The zero-order chi connectivity index (χ0) is 21.2. The van der Waals surface area contributed by atoms with Crippen molar-refractivity contribution in [2.24, 2.45) is 0 Å². The number of thioether (sulfide) groups is 1. The molecule has 0 spiro atoms. The van der Waals surface area contributed by atoms with Crippen molar-refractivity contribution in [3.63, 3.8) is 0 Å². The predicted molar refractivity (Wildman–Crippen MR) is 124 cm³/mol. The maximum Gasteiger partial charge on any atom is 0.251 e. The molecule has 5 rings (SSSR count). The second-order valence-corrected chi connectivity index (χ2v) is 9.37. The molecule has 6 nitrogen and oxygen atoms in total. The number of amides is 1. The van der Waals surface area contributed by atoms with E-state index in [0.717, 1.165) is 26.8 Å². The number of carbonyl (C=O) groups excluding carboxylic acids is 1. The van der Waals surface area contributed by atoms with Crippen molar-refractivity contribution < 1.29 is 4.79 Å². The fourth-order valence-corrected chi connectivity index (χ4v) is 5.33. The van der Waals surface area contributed by atoms with Gasteiger partial charge in [-0.15, -0.1) is 21.5 Å². The van der Waals surface area contributed by atoms with Crippen LogP contribution in [0.1, 0.15) is 34.7 Å². The molecule has 1 unspecified atom stereocenters. The van der Waals surface area contributed by atoms with Gasteiger partial charge in [0.25, 0.3) is 5.91 Å². The van der Waals surface area contributed by atoms with Crippen LogP contribution in [0.4, 0.5) is 0 Å². The smallest absolute Gasteiger partial charge is 0.251 e. The molecule has 0 aliphatic heterocycles. The summed E-state index contributed by atoms with van der Waals surface area (Å²) in [7, 11) is 0. The Labute approximate surface area is 187 Å². The first kappa shape index (κ1) is 19.7. The molecule has 3 aromatic heterocycles. The lowest BCUT2D eigenvalue weighted by atomic mass is 10.1. The van der Waals surface area contributed by atoms with Gasteiger partial charge < -0.3 is 5.32 Å². The summed E-state index contributed by atoms with van der Waals surface area (Å²) in [5.74, 6) is 1.38. The molecule has 8 heteroatoms. The molecule has 1 atom stereocenters. The van der Waals surface area contributed by atoms with Gasteiger partial charge in [-0.05, 0) is 48.9 Å². The van der Waals surface area contributed by atoms with Gasteiger partial charge in [0.2, 0.25) is 0 Å². The molecule has 154 valence electrons. The lowest BCUT2D eigenvalue weighted by Gasteiger charge is -2.12. The Bertz CT molecular complexity index is 1330. The molecule has 0 radical (unpaired) electrons. The Kier molecular flexibility index (Phi) is 5.40. The van der Waals surface area contributed by atoms with Crippen molar-refractivity contribution in [3.05, 3.63) is 89.9 Å². The molecule has 0 saturated heterocycles. The molecular formula is C23H19N5OS2. The lowest BCUT2D eigenvalue weighted by Crippen LogP contribution is -2.28. The first-order valence-corrected chi connectivity index (χ1v) is 11.7. The van der Waals surface area contributed by atoms with Crippen LogP contribution in [0.5, 0.6) is 0 Å². The van der Waals surface area contributed by atoms with E-state index in [2.05, 4.69) is 26.6 Å². The van der Waals surface area contributed by atoms with Crippen molar-refractivity contribution in [1.82, 2.24) is 24.9 Å². The molecular weight excluding hydrogens is 426 g/mol. The van der Waals surface area contributed by atoms with Crippen LogP contribution >= 0.6 is 23.1 Å². The molecule has 0 aliphatic rings. The number of rotatable bonds is 6. The van der Waals surface area contributed by atoms with Gasteiger partial charge in [-0.3, -0.25) is 9.20 Å². The Hall–Kier alpha value is -3.23. The van der Waals surface area contributed by atoms with E-state index in [4.69, 9.17) is 0 Å². The number of hydrogen-bond donors (Lipinski definition) is 1. The standard InChI is InChI=1S/C23H19N5OS2/c1-15(21-27-26-20-8-4-5-13-28(20)21)24-22(29)17-11-9-16(10-12-17)14-30-23-25-18-6-2-3-7-19(18)31-23/h2-13,15H,14H2,1H3,(H,24,29). The summed E-state index contributed by atoms with van der Waals surface area (Å²) >= 11 is 3.42. The Morgan fingerprint density at radius 1 is 1.06 bits per heavy atom. The fraction of sp³-hybridized carbons (Fsp3) is 0.130. The van der Waals surface area contributed by atoms with E-state index in [0.29, 0.717) is 11.4 Å². The number of aromatic nitrogens is 4. The highest BCUT2D eigenvalue weighted by molar-refractivity contribution is 8.00. The minimum absolute atomic E-state index is 0.134. The van der Waals surface area contributed by atoms with Crippen LogP contribution in [0.2, 0.25) is 0 Å². The predicted octanol–water partition coefficient (Wildman–Crippen LogP) is 5.12. The third-order valence-electron chi connectivity index (χ3n) is 4.93. The van der Waals surface area contributed by atoms with E-state index in [-0.39, 0.29) is 11.9 Å². The van der Waals surface area contributed by atoms with Crippen LogP contribution in [0.25, 0.3) is 15.9 Å². The molecule has 3 heterocycles. The third kappa shape index (κ3) is 4.17. The average molecular weight is 446 g/mol. The van der Waals surface area contributed by atoms with Crippen molar-refractivity contribution in [3.8, 4) is 0 Å². The van der Waals surface area contributed by atoms with Crippen molar-refractivity contribution >= 4 is 44.9 Å². The van der Waals surface area contributed by atoms with E-state index < -0.39 is 0 Å². The van der Waals surface area contributed by atoms with Gasteiger partial charge in [-0.1, -0.05) is 42.1 Å². The molecule has 2 aromatic carbocycles. The van der Waals surface area contributed by atoms with Crippen LogP contribution in [-0.2, 0) is 5.75 Å². The van der Waals surface area contributed by atoms with Gasteiger partial charge in [0.1, 0.15) is 0 Å². The van der Waals surface area contributed by atoms with Gasteiger partial charge in [0.15, 0.2) is 15.8 Å². The second kappa shape index (κ2) is 8.49. The first-order chi connectivity index (χ1) is 15.2. The van der Waals surface area contributed by atoms with E-state index in [1.54, 1.807) is 23.1 Å². The maximum atomic E-state index is 12.7. The summed E-state index contributed by atoms with van der Waals surface area (Å²) in [5.41, 5.74) is 3.57. The Balaban J connectivity index is 1.22. The zero-order valence-corrected chi connectivity index (χ0v) is 18.4. The minimum atomic E-state index is -0.265. The first-order valence-electron chi connectivity index (χ1n) is 9.85. The summed E-state index contributed by atoms with van der Waals surface area (Å²) in [6.45, 7) is 1.91. The van der Waals surface area contributed by atoms with Crippen LogP contribution in [0.3, 0.4) is 0 Å². The van der Waals surface area contributed by atoms with Gasteiger partial charge in [-0.2, -0.15) is 0 Å². The van der Waals surface area contributed by atoms with Gasteiger partial charge >= 0.3 is 0 Å². The molecule has 31 heavy (non-hydrogen) atoms. The number of fused-ring (bicyclic) bond motifs is 2. The number of pyridine rings is 1. The maximum absolute atomic E-state index is 12.7. The van der Waals surface area contributed by atoms with Crippen molar-refractivity contribution in [2.75, 3.05) is 0 Å². The lowest BCUT2D eigenvalue weighted by molar-refractivity contribution is 0.0938. The Morgan fingerprint density at radius 3 is 2.71 bits per heavy atom. The van der Waals surface area contributed by atoms with Crippen molar-refractivity contribution in [1.29, 1.82) is 0 Å². The quantitative estimate of drug-likeness (QED) is 0.367. The largest absolute Gasteiger partial charge is 0.342 e. The second-order valence-electron chi connectivity index (χ2n) is 7.12. The monoisotopic (exact) mass is 445 g/mol. The molecule has 1 N–H and O–H groups in total. The van der Waals surface area contributed by atoms with E-state index in [1.165, 1.54) is 4.70 Å². The van der Waals surface area contributed by atoms with Gasteiger partial charge in [0.05, 0.1) is 16.3 Å². The molecule has 0 aliphatic carbocycles. The highest BCUT2D eigenvalue weighted by Crippen LogP contribution is 2.31. The van der Waals surface area contributed by atoms with Crippen LogP contribution in [-0.4, -0.2) is 25.5 Å². The average Bonchev–Trinajstić information content (AvgIpc) is 3.42. The number of nitrogens with one attached hydrogen (secondary N) is 1. The number of carbonyl (C=O) groups is 1. The fourth-order valence-electron chi connectivity index (χ4n) is 3.31. The molecule has 1 amide bonds. The van der Waals surface area contributed by atoms with Gasteiger partial charge in [-0.25, -0.2) is 4.98 Å². The topological polar surface area (TPSA) is 72.2 Å². The summed E-state index contributed by atoms with van der Waals surface area (Å²) in [4.78, 5) is 17.4. The number of hydrogen-bond acceptors (Lipinski definition) is 6. The third-order valence-corrected chi connectivity index (χ3v) is 7.18. The SMILES string of the molecule is CC(NC(=O)c1ccc(CSc2nc3ccccc3s2)cc1)c1nnc2ccccn12. The number of para-hydroxylation sites is 1. The van der Waals surface area contributed by atoms with Crippen LogP contribution in [0.15, 0.2) is 77.3 Å². The summed E-state index contributed by atoms with van der Waals surface area (Å²) in [6.07, 6.45) is 1.89. The molecule has 0 bridgehead atoms. The van der Waals surface area contributed by atoms with Crippen LogP contribution < -0.4 is 5.32 Å². The highest BCUT2D eigenvalue weighted by Gasteiger charge is 2.16. The summed E-state index contributed by atoms with van der Waals surface area (Å²) in [6, 6.07) is 21.3. The number of benzene rings is 2. The van der Waals surface area contributed by atoms with Crippen LogP contribution in [0, 0.1) is 0 Å². The number of nitrogens with zero attached hydrogens (tertiary/aromatic N) is 4. The molecule has 5 aromatic rings. The summed E-state index contributed by atoms with van der Waals surface area (Å²) in [5, 5.41) is 11.4. The number of thiazole rings is 1. The molecule has 0 fully saturated rings. The van der Waals surface area contributed by atoms with Crippen molar-refractivity contribution in [2.45, 2.75) is 23.1 Å². The summed E-state index contributed by atoms with van der Waals surface area (Å²) < 4.78 is 4.14. The van der Waals surface area contributed by atoms with Gasteiger partial charge in [0, 0.05) is 17.5 Å². The van der Waals surface area contributed by atoms with E-state index in [9.17, 15) is 4.79 Å². The zero-order valence-electron chi connectivity index (χ0n) is 16.7. The van der Waals surface area contributed by atoms with E-state index >= 15 is 0 Å². The molecule has 0 saturated carbocycles. The minimum Gasteiger partial charge on any atom is -0.342 e. The Morgan fingerprint density at radius 2 is 1.87 bits per heavy atom. The van der Waals surface area contributed by atoms with E-state index in [1.807, 2.05) is 78.2 Å². The normalized spacial score (nSPS) is 12.3.